The van der Waals surface area contributed by atoms with E-state index >= 15 is 0 Å². The second-order valence-corrected chi connectivity index (χ2v) is 7.01. The van der Waals surface area contributed by atoms with E-state index in [1.807, 2.05) is 17.5 Å². The van der Waals surface area contributed by atoms with Crippen LogP contribution in [-0.4, -0.2) is 47.1 Å². The van der Waals surface area contributed by atoms with Gasteiger partial charge in [0.1, 0.15) is 5.82 Å². The summed E-state index contributed by atoms with van der Waals surface area (Å²) >= 11 is 1.54. The average molecular weight is 383 g/mol. The summed E-state index contributed by atoms with van der Waals surface area (Å²) in [6, 6.07) is 10.5. The number of hydrogen-bond donors (Lipinski definition) is 2. The summed E-state index contributed by atoms with van der Waals surface area (Å²) in [7, 11) is 0. The molecule has 4 rings (SSSR count). The first kappa shape index (κ1) is 17.4. The molecular weight excluding hydrogens is 365 g/mol. The van der Waals surface area contributed by atoms with Crippen molar-refractivity contribution >= 4 is 23.3 Å². The third-order valence-corrected chi connectivity index (χ3v) is 5.19. The standard InChI is InChI=1S/C19H18FN5OS/c20-15-5-2-1-4-13(15)14-12-23-18(24-17(14)16-6-3-11-27-16)21-7-9-25-10-8-22-19(25)26/h1-6,11-12H,7-10H2,(H,22,26)(H,21,23,24). The minimum atomic E-state index is -0.306. The Kier molecular flexibility index (Phi) is 4.97. The molecule has 3 heterocycles. The van der Waals surface area contributed by atoms with Gasteiger partial charge in [0.05, 0.1) is 10.6 Å². The Labute approximate surface area is 160 Å². The van der Waals surface area contributed by atoms with Gasteiger partial charge in [-0.15, -0.1) is 11.3 Å². The first-order chi connectivity index (χ1) is 13.2. The Bertz CT molecular complexity index is 947. The molecule has 2 amide bonds. The predicted molar refractivity (Wildman–Crippen MR) is 104 cm³/mol. The number of rotatable bonds is 6. The summed E-state index contributed by atoms with van der Waals surface area (Å²) in [6.45, 7) is 2.48. The van der Waals surface area contributed by atoms with Crippen LogP contribution in [0.5, 0.6) is 0 Å². The number of benzene rings is 1. The van der Waals surface area contributed by atoms with E-state index in [0.29, 0.717) is 48.9 Å². The molecule has 1 aliphatic rings. The number of urea groups is 1. The van der Waals surface area contributed by atoms with Crippen molar-refractivity contribution in [3.8, 4) is 21.7 Å². The van der Waals surface area contributed by atoms with Crippen LogP contribution in [0.3, 0.4) is 0 Å². The Hall–Kier alpha value is -3.00. The van der Waals surface area contributed by atoms with E-state index in [2.05, 4.69) is 20.6 Å². The van der Waals surface area contributed by atoms with Gasteiger partial charge in [0, 0.05) is 43.5 Å². The Morgan fingerprint density at radius 3 is 2.85 bits per heavy atom. The van der Waals surface area contributed by atoms with Gasteiger partial charge in [0.2, 0.25) is 5.95 Å². The van der Waals surface area contributed by atoms with Crippen LogP contribution in [0, 0.1) is 5.82 Å². The summed E-state index contributed by atoms with van der Waals surface area (Å²) in [4.78, 5) is 23.2. The number of nitrogens with zero attached hydrogens (tertiary/aromatic N) is 3. The zero-order valence-corrected chi connectivity index (χ0v) is 15.3. The Morgan fingerprint density at radius 1 is 1.22 bits per heavy atom. The van der Waals surface area contributed by atoms with E-state index in [4.69, 9.17) is 0 Å². The number of nitrogens with one attached hydrogen (secondary N) is 2. The van der Waals surface area contributed by atoms with Gasteiger partial charge in [-0.2, -0.15) is 0 Å². The van der Waals surface area contributed by atoms with Crippen LogP contribution in [0.2, 0.25) is 0 Å². The van der Waals surface area contributed by atoms with Gasteiger partial charge >= 0.3 is 6.03 Å². The van der Waals surface area contributed by atoms with Crippen LogP contribution in [-0.2, 0) is 0 Å². The van der Waals surface area contributed by atoms with Gasteiger partial charge in [-0.1, -0.05) is 24.3 Å². The number of anilines is 1. The van der Waals surface area contributed by atoms with Crippen molar-refractivity contribution in [3.05, 3.63) is 53.8 Å². The van der Waals surface area contributed by atoms with Gasteiger partial charge in [-0.05, 0) is 17.5 Å². The summed E-state index contributed by atoms with van der Waals surface area (Å²) < 4.78 is 14.3. The number of halogens is 1. The van der Waals surface area contributed by atoms with E-state index in [9.17, 15) is 9.18 Å². The van der Waals surface area contributed by atoms with E-state index in [0.717, 1.165) is 4.88 Å². The normalized spacial score (nSPS) is 13.7. The molecule has 8 heteroatoms. The van der Waals surface area contributed by atoms with Crippen molar-refractivity contribution in [2.24, 2.45) is 0 Å². The molecule has 2 N–H and O–H groups in total. The van der Waals surface area contributed by atoms with Gasteiger partial charge in [0.25, 0.3) is 0 Å². The van der Waals surface area contributed by atoms with E-state index in [1.165, 1.54) is 6.07 Å². The van der Waals surface area contributed by atoms with Crippen molar-refractivity contribution < 1.29 is 9.18 Å². The largest absolute Gasteiger partial charge is 0.352 e. The van der Waals surface area contributed by atoms with Crippen LogP contribution in [0.1, 0.15) is 0 Å². The molecule has 1 saturated heterocycles. The van der Waals surface area contributed by atoms with Crippen LogP contribution < -0.4 is 10.6 Å². The molecule has 0 saturated carbocycles. The molecule has 1 fully saturated rings. The van der Waals surface area contributed by atoms with Gasteiger partial charge in [0.15, 0.2) is 0 Å². The molecular formula is C19H18FN5OS. The third-order valence-electron chi connectivity index (χ3n) is 4.32. The maximum Gasteiger partial charge on any atom is 0.317 e. The molecule has 0 unspecified atom stereocenters. The number of carbonyl (C=O) groups is 1. The molecule has 0 atom stereocenters. The lowest BCUT2D eigenvalue weighted by Crippen LogP contribution is -2.32. The smallest absolute Gasteiger partial charge is 0.317 e. The van der Waals surface area contributed by atoms with E-state index in [1.54, 1.807) is 40.6 Å². The number of amides is 2. The van der Waals surface area contributed by atoms with Crippen molar-refractivity contribution in [3.63, 3.8) is 0 Å². The fraction of sp³-hybridized carbons (Fsp3) is 0.211. The highest BCUT2D eigenvalue weighted by atomic mass is 32.1. The molecule has 27 heavy (non-hydrogen) atoms. The molecule has 6 nitrogen and oxygen atoms in total. The van der Waals surface area contributed by atoms with Crippen molar-refractivity contribution in [2.45, 2.75) is 0 Å². The molecule has 3 aromatic rings. The highest BCUT2D eigenvalue weighted by Crippen LogP contribution is 2.34. The third kappa shape index (κ3) is 3.75. The quantitative estimate of drug-likeness (QED) is 0.684. The van der Waals surface area contributed by atoms with Gasteiger partial charge in [-0.25, -0.2) is 19.2 Å². The van der Waals surface area contributed by atoms with Crippen LogP contribution in [0.15, 0.2) is 48.0 Å². The van der Waals surface area contributed by atoms with Crippen LogP contribution in [0.25, 0.3) is 21.7 Å². The van der Waals surface area contributed by atoms with Crippen molar-refractivity contribution in [2.75, 3.05) is 31.5 Å². The lowest BCUT2D eigenvalue weighted by molar-refractivity contribution is 0.219. The SMILES string of the molecule is O=C1NCCN1CCNc1ncc(-c2ccccc2F)c(-c2cccs2)n1. The zero-order valence-electron chi connectivity index (χ0n) is 14.5. The van der Waals surface area contributed by atoms with Crippen LogP contribution in [0.4, 0.5) is 15.1 Å². The lowest BCUT2D eigenvalue weighted by Gasteiger charge is -2.15. The lowest BCUT2D eigenvalue weighted by atomic mass is 10.0. The minimum absolute atomic E-state index is 0.0492. The average Bonchev–Trinajstić information content (AvgIpc) is 3.35. The second-order valence-electron chi connectivity index (χ2n) is 6.06. The molecule has 138 valence electrons. The topological polar surface area (TPSA) is 70.2 Å². The predicted octanol–water partition coefficient (Wildman–Crippen LogP) is 3.45. The number of carbonyl (C=O) groups excluding carboxylic acids is 1. The second kappa shape index (κ2) is 7.71. The van der Waals surface area contributed by atoms with E-state index < -0.39 is 0 Å². The number of aromatic nitrogens is 2. The first-order valence-electron chi connectivity index (χ1n) is 8.65. The molecule has 1 aliphatic heterocycles. The molecule has 0 spiro atoms. The van der Waals surface area contributed by atoms with Crippen LogP contribution >= 0.6 is 11.3 Å². The highest BCUT2D eigenvalue weighted by molar-refractivity contribution is 7.13. The molecule has 2 aromatic heterocycles. The highest BCUT2D eigenvalue weighted by Gasteiger charge is 2.19. The maximum atomic E-state index is 14.3. The fourth-order valence-corrected chi connectivity index (χ4v) is 3.70. The molecule has 1 aromatic carbocycles. The Morgan fingerprint density at radius 2 is 2.11 bits per heavy atom. The monoisotopic (exact) mass is 383 g/mol. The van der Waals surface area contributed by atoms with Gasteiger partial charge < -0.3 is 15.5 Å². The summed E-state index contributed by atoms with van der Waals surface area (Å²) in [5.74, 6) is 0.151. The van der Waals surface area contributed by atoms with Gasteiger partial charge in [-0.3, -0.25) is 0 Å². The fourth-order valence-electron chi connectivity index (χ4n) is 2.97. The minimum Gasteiger partial charge on any atom is -0.352 e. The summed E-state index contributed by atoms with van der Waals surface area (Å²) in [6.07, 6.45) is 1.64. The van der Waals surface area contributed by atoms with Crippen molar-refractivity contribution in [1.29, 1.82) is 0 Å². The summed E-state index contributed by atoms with van der Waals surface area (Å²) in [5, 5.41) is 7.89. The number of thiophene rings is 1. The summed E-state index contributed by atoms with van der Waals surface area (Å²) in [5.41, 5.74) is 1.81. The molecule has 0 bridgehead atoms. The maximum absolute atomic E-state index is 14.3. The molecule has 0 aliphatic carbocycles. The first-order valence-corrected chi connectivity index (χ1v) is 9.53. The molecule has 0 radical (unpaired) electrons. The Balaban J connectivity index is 1.59. The zero-order chi connectivity index (χ0) is 18.6. The van der Waals surface area contributed by atoms with E-state index in [-0.39, 0.29) is 11.8 Å². The number of hydrogen-bond acceptors (Lipinski definition) is 5. The van der Waals surface area contributed by atoms with Crippen molar-refractivity contribution in [1.82, 2.24) is 20.2 Å².